The van der Waals surface area contributed by atoms with E-state index in [2.05, 4.69) is 22.5 Å². The number of hydrogen-bond acceptors (Lipinski definition) is 3. The van der Waals surface area contributed by atoms with E-state index in [1.807, 2.05) is 13.0 Å². The van der Waals surface area contributed by atoms with Crippen molar-refractivity contribution in [1.29, 1.82) is 0 Å². The summed E-state index contributed by atoms with van der Waals surface area (Å²) in [5.41, 5.74) is 2.25. The first-order chi connectivity index (χ1) is 11.1. The molecule has 1 amide bonds. The standard InChI is InChI=1S/C18H22ClN3O/c1-3-4-5-9-20-17-11-14(8-10-21-17)18(23)22-16-12-15(19)7-6-13(16)2/h6-8,10-12H,3-5,9H2,1-2H3,(H,20,21)(H,22,23). The molecule has 0 aliphatic rings. The fraction of sp³-hybridized carbons (Fsp3) is 0.333. The highest BCUT2D eigenvalue weighted by Crippen LogP contribution is 2.21. The molecule has 0 spiro atoms. The second-order valence-electron chi connectivity index (χ2n) is 5.48. The van der Waals surface area contributed by atoms with E-state index in [0.717, 1.165) is 30.0 Å². The molecule has 5 heteroatoms. The van der Waals surface area contributed by atoms with Crippen molar-refractivity contribution in [2.75, 3.05) is 17.2 Å². The number of hydrogen-bond donors (Lipinski definition) is 2. The summed E-state index contributed by atoms with van der Waals surface area (Å²) in [7, 11) is 0. The molecular formula is C18H22ClN3O. The molecule has 2 aromatic rings. The molecule has 0 atom stereocenters. The van der Waals surface area contributed by atoms with Crippen LogP contribution in [0.4, 0.5) is 11.5 Å². The molecule has 122 valence electrons. The average Bonchev–Trinajstić information content (AvgIpc) is 2.55. The number of pyridine rings is 1. The third kappa shape index (κ3) is 5.25. The number of benzene rings is 1. The van der Waals surface area contributed by atoms with Crippen molar-refractivity contribution in [3.63, 3.8) is 0 Å². The molecule has 0 unspecified atom stereocenters. The molecule has 0 aliphatic carbocycles. The Hall–Kier alpha value is -2.07. The van der Waals surface area contributed by atoms with E-state index in [1.54, 1.807) is 30.5 Å². The smallest absolute Gasteiger partial charge is 0.255 e. The number of amides is 1. The molecule has 1 aromatic heterocycles. The number of nitrogens with one attached hydrogen (secondary N) is 2. The second kappa shape index (κ2) is 8.53. The van der Waals surface area contributed by atoms with Gasteiger partial charge in [-0.2, -0.15) is 0 Å². The van der Waals surface area contributed by atoms with Gasteiger partial charge < -0.3 is 10.6 Å². The largest absolute Gasteiger partial charge is 0.370 e. The molecule has 0 fully saturated rings. The summed E-state index contributed by atoms with van der Waals surface area (Å²) in [5, 5.41) is 6.74. The SMILES string of the molecule is CCCCCNc1cc(C(=O)Nc2cc(Cl)ccc2C)ccn1. The monoisotopic (exact) mass is 331 g/mol. The molecule has 0 aliphatic heterocycles. The average molecular weight is 332 g/mol. The maximum Gasteiger partial charge on any atom is 0.255 e. The minimum atomic E-state index is -0.172. The Labute approximate surface area is 142 Å². The number of carbonyl (C=O) groups is 1. The second-order valence-corrected chi connectivity index (χ2v) is 5.91. The highest BCUT2D eigenvalue weighted by atomic mass is 35.5. The van der Waals surface area contributed by atoms with Crippen LogP contribution in [0.3, 0.4) is 0 Å². The topological polar surface area (TPSA) is 54.0 Å². The van der Waals surface area contributed by atoms with Crippen molar-refractivity contribution in [2.45, 2.75) is 33.1 Å². The summed E-state index contributed by atoms with van der Waals surface area (Å²) in [6, 6.07) is 8.90. The highest BCUT2D eigenvalue weighted by molar-refractivity contribution is 6.31. The van der Waals surface area contributed by atoms with E-state index in [0.29, 0.717) is 10.6 Å². The maximum absolute atomic E-state index is 12.4. The van der Waals surface area contributed by atoms with Gasteiger partial charge in [0.2, 0.25) is 0 Å². The van der Waals surface area contributed by atoms with Crippen molar-refractivity contribution in [3.05, 3.63) is 52.7 Å². The summed E-state index contributed by atoms with van der Waals surface area (Å²) in [6.45, 7) is 4.96. The molecular weight excluding hydrogens is 310 g/mol. The van der Waals surface area contributed by atoms with Gasteiger partial charge >= 0.3 is 0 Å². The lowest BCUT2D eigenvalue weighted by molar-refractivity contribution is 0.102. The number of rotatable bonds is 7. The summed E-state index contributed by atoms with van der Waals surface area (Å²) in [6.07, 6.45) is 5.09. The van der Waals surface area contributed by atoms with Crippen LogP contribution < -0.4 is 10.6 Å². The fourth-order valence-corrected chi connectivity index (χ4v) is 2.36. The molecule has 23 heavy (non-hydrogen) atoms. The quantitative estimate of drug-likeness (QED) is 0.710. The van der Waals surface area contributed by atoms with Gasteiger partial charge in [-0.1, -0.05) is 37.4 Å². The first kappa shape index (κ1) is 17.3. The Morgan fingerprint density at radius 3 is 2.83 bits per heavy atom. The predicted octanol–water partition coefficient (Wildman–Crippen LogP) is 4.90. The summed E-state index contributed by atoms with van der Waals surface area (Å²) in [5.74, 6) is 0.547. The Morgan fingerprint density at radius 2 is 2.04 bits per heavy atom. The van der Waals surface area contributed by atoms with Gasteiger partial charge in [0.15, 0.2) is 0 Å². The van der Waals surface area contributed by atoms with Gasteiger partial charge in [-0.15, -0.1) is 0 Å². The van der Waals surface area contributed by atoms with Crippen LogP contribution in [0.25, 0.3) is 0 Å². The van der Waals surface area contributed by atoms with Gasteiger partial charge in [-0.25, -0.2) is 4.98 Å². The molecule has 4 nitrogen and oxygen atoms in total. The number of anilines is 2. The van der Waals surface area contributed by atoms with Gasteiger partial charge in [0.1, 0.15) is 5.82 Å². The molecule has 1 heterocycles. The van der Waals surface area contributed by atoms with Crippen LogP contribution in [-0.4, -0.2) is 17.4 Å². The first-order valence-electron chi connectivity index (χ1n) is 7.87. The summed E-state index contributed by atoms with van der Waals surface area (Å²) in [4.78, 5) is 16.6. The van der Waals surface area contributed by atoms with Crippen LogP contribution in [0.5, 0.6) is 0 Å². The number of unbranched alkanes of at least 4 members (excludes halogenated alkanes) is 2. The summed E-state index contributed by atoms with van der Waals surface area (Å²) >= 11 is 5.98. The van der Waals surface area contributed by atoms with E-state index < -0.39 is 0 Å². The highest BCUT2D eigenvalue weighted by Gasteiger charge is 2.09. The van der Waals surface area contributed by atoms with Crippen LogP contribution in [0.15, 0.2) is 36.5 Å². The van der Waals surface area contributed by atoms with Crippen LogP contribution >= 0.6 is 11.6 Å². The van der Waals surface area contributed by atoms with Crippen LogP contribution in [0, 0.1) is 6.92 Å². The Morgan fingerprint density at radius 1 is 1.22 bits per heavy atom. The fourth-order valence-electron chi connectivity index (χ4n) is 2.18. The number of nitrogens with zero attached hydrogens (tertiary/aromatic N) is 1. The minimum Gasteiger partial charge on any atom is -0.370 e. The summed E-state index contributed by atoms with van der Waals surface area (Å²) < 4.78 is 0. The molecule has 2 rings (SSSR count). The van der Waals surface area contributed by atoms with Crippen molar-refractivity contribution >= 4 is 29.0 Å². The lowest BCUT2D eigenvalue weighted by Gasteiger charge is -2.10. The lowest BCUT2D eigenvalue weighted by atomic mass is 10.2. The number of carbonyl (C=O) groups excluding carboxylic acids is 1. The normalized spacial score (nSPS) is 10.4. The number of halogens is 1. The van der Waals surface area contributed by atoms with E-state index in [9.17, 15) is 4.79 Å². The zero-order valence-electron chi connectivity index (χ0n) is 13.5. The molecule has 0 radical (unpaired) electrons. The van der Waals surface area contributed by atoms with Gasteiger partial charge in [0, 0.05) is 29.0 Å². The number of aromatic nitrogens is 1. The number of aryl methyl sites for hydroxylation is 1. The molecule has 0 bridgehead atoms. The van der Waals surface area contributed by atoms with Gasteiger partial charge in [0.05, 0.1) is 0 Å². The van der Waals surface area contributed by atoms with E-state index >= 15 is 0 Å². The third-order valence-corrected chi connectivity index (χ3v) is 3.79. The van der Waals surface area contributed by atoms with E-state index in [4.69, 9.17) is 11.6 Å². The Balaban J connectivity index is 2.03. The van der Waals surface area contributed by atoms with Crippen molar-refractivity contribution in [2.24, 2.45) is 0 Å². The maximum atomic E-state index is 12.4. The van der Waals surface area contributed by atoms with Crippen molar-refractivity contribution in [3.8, 4) is 0 Å². The minimum absolute atomic E-state index is 0.172. The van der Waals surface area contributed by atoms with Crippen LogP contribution in [0.1, 0.15) is 42.1 Å². The van der Waals surface area contributed by atoms with Gasteiger partial charge in [-0.3, -0.25) is 4.79 Å². The zero-order valence-corrected chi connectivity index (χ0v) is 14.3. The third-order valence-electron chi connectivity index (χ3n) is 3.56. The molecule has 0 saturated carbocycles. The van der Waals surface area contributed by atoms with Crippen molar-refractivity contribution < 1.29 is 4.79 Å². The molecule has 2 N–H and O–H groups in total. The predicted molar refractivity (Wildman–Crippen MR) is 96.4 cm³/mol. The first-order valence-corrected chi connectivity index (χ1v) is 8.25. The Bertz CT molecular complexity index is 673. The van der Waals surface area contributed by atoms with Gasteiger partial charge in [0.25, 0.3) is 5.91 Å². The van der Waals surface area contributed by atoms with Crippen LogP contribution in [-0.2, 0) is 0 Å². The lowest BCUT2D eigenvalue weighted by Crippen LogP contribution is -2.13. The van der Waals surface area contributed by atoms with E-state index in [1.165, 1.54) is 12.8 Å². The molecule has 0 saturated heterocycles. The van der Waals surface area contributed by atoms with E-state index in [-0.39, 0.29) is 5.91 Å². The van der Waals surface area contributed by atoms with Gasteiger partial charge in [-0.05, 0) is 43.2 Å². The Kier molecular flexibility index (Phi) is 6.41. The molecule has 1 aromatic carbocycles. The van der Waals surface area contributed by atoms with Crippen LogP contribution in [0.2, 0.25) is 5.02 Å². The zero-order chi connectivity index (χ0) is 16.7. The van der Waals surface area contributed by atoms with Crippen molar-refractivity contribution in [1.82, 2.24) is 4.98 Å².